The largest absolute Gasteiger partial charge is 0.493 e. The number of benzene rings is 2. The molecule has 0 aliphatic carbocycles. The molecule has 0 bridgehead atoms. The van der Waals surface area contributed by atoms with Gasteiger partial charge < -0.3 is 15.4 Å². The number of hydrogen-bond donors (Lipinski definition) is 3. The fraction of sp³-hybridized carbons (Fsp3) is 0.105. The molecule has 1 aliphatic heterocycles. The minimum atomic E-state index is -0.683. The Kier molecular flexibility index (Phi) is 5.89. The van der Waals surface area contributed by atoms with Gasteiger partial charge in [0, 0.05) is 27.0 Å². The van der Waals surface area contributed by atoms with Gasteiger partial charge in [0.2, 0.25) is 17.0 Å². The fourth-order valence-corrected chi connectivity index (χ4v) is 4.15. The lowest BCUT2D eigenvalue weighted by Gasteiger charge is -2.07. The van der Waals surface area contributed by atoms with Crippen LogP contribution in [0.5, 0.6) is 5.88 Å². The molecule has 2 amide bonds. The second-order valence-electron chi connectivity index (χ2n) is 6.31. The highest BCUT2D eigenvalue weighted by molar-refractivity contribution is 9.10. The van der Waals surface area contributed by atoms with Gasteiger partial charge in [0.05, 0.1) is 5.52 Å². The van der Waals surface area contributed by atoms with Gasteiger partial charge in [0.1, 0.15) is 5.25 Å². The number of aliphatic imine (C=N–C) groups is 1. The van der Waals surface area contributed by atoms with Crippen molar-refractivity contribution < 1.29 is 14.7 Å². The van der Waals surface area contributed by atoms with Crippen LogP contribution in [0.3, 0.4) is 0 Å². The Hall–Kier alpha value is -2.69. The van der Waals surface area contributed by atoms with Crippen LogP contribution in [0.25, 0.3) is 10.9 Å². The average molecular weight is 507 g/mol. The molecule has 152 valence electrons. The summed E-state index contributed by atoms with van der Waals surface area (Å²) in [6.07, 6.45) is -0.0556. The van der Waals surface area contributed by atoms with E-state index in [9.17, 15) is 14.7 Å². The Morgan fingerprint density at radius 3 is 2.80 bits per heavy atom. The van der Waals surface area contributed by atoms with E-state index >= 15 is 0 Å². The molecule has 0 saturated heterocycles. The van der Waals surface area contributed by atoms with Crippen molar-refractivity contribution in [3.63, 3.8) is 0 Å². The van der Waals surface area contributed by atoms with Crippen LogP contribution in [0.1, 0.15) is 6.42 Å². The van der Waals surface area contributed by atoms with E-state index in [0.29, 0.717) is 21.6 Å². The van der Waals surface area contributed by atoms with Gasteiger partial charge >= 0.3 is 0 Å². The number of rotatable bonds is 4. The number of fused-ring (bicyclic) bond motifs is 1. The highest BCUT2D eigenvalue weighted by Gasteiger charge is 2.31. The number of amides is 2. The van der Waals surface area contributed by atoms with Gasteiger partial charge in [0.25, 0.3) is 5.91 Å². The number of carbonyl (C=O) groups excluding carboxylic acids is 2. The number of halogens is 2. The Morgan fingerprint density at radius 1 is 1.27 bits per heavy atom. The van der Waals surface area contributed by atoms with Crippen LogP contribution in [-0.2, 0) is 9.59 Å². The summed E-state index contributed by atoms with van der Waals surface area (Å²) < 4.78 is 0.819. The third-order valence-electron chi connectivity index (χ3n) is 4.18. The summed E-state index contributed by atoms with van der Waals surface area (Å²) >= 11 is 10.2. The molecule has 8 nitrogen and oxygen atoms in total. The van der Waals surface area contributed by atoms with Crippen LogP contribution in [0.4, 0.5) is 11.4 Å². The van der Waals surface area contributed by atoms with Gasteiger partial charge in [-0.3, -0.25) is 9.59 Å². The molecular weight excluding hydrogens is 494 g/mol. The smallest absolute Gasteiger partial charge is 0.262 e. The molecule has 30 heavy (non-hydrogen) atoms. The third kappa shape index (κ3) is 4.55. The first-order valence-corrected chi connectivity index (χ1v) is 10.7. The lowest BCUT2D eigenvalue weighted by molar-refractivity contribution is -0.121. The summed E-state index contributed by atoms with van der Waals surface area (Å²) in [5.74, 6) is -0.914. The summed E-state index contributed by atoms with van der Waals surface area (Å²) in [6.45, 7) is 0. The predicted molar refractivity (Wildman–Crippen MR) is 121 cm³/mol. The molecule has 0 saturated carbocycles. The molecule has 0 radical (unpaired) electrons. The molecule has 3 aromatic rings. The maximum absolute atomic E-state index is 12.2. The Balaban J connectivity index is 1.42. The van der Waals surface area contributed by atoms with E-state index in [-0.39, 0.29) is 29.1 Å². The normalized spacial score (nSPS) is 16.4. The standard InChI is InChI=1S/C19H13BrClN5O3S/c20-9-1-6-13-12(7-9)16(18(29)23-13)25-26-19-24-17(28)14(30-19)8-15(27)22-11-4-2-10(21)3-5-11/h1-7,14,23,29H,8H2,(H,22,27). The summed E-state index contributed by atoms with van der Waals surface area (Å²) in [5, 5.41) is 21.5. The average Bonchev–Trinajstić information content (AvgIpc) is 3.20. The number of hydrogen-bond acceptors (Lipinski definition) is 6. The zero-order valence-electron chi connectivity index (χ0n) is 15.1. The number of azo groups is 1. The number of nitrogens with one attached hydrogen (secondary N) is 2. The summed E-state index contributed by atoms with van der Waals surface area (Å²) in [4.78, 5) is 31.0. The van der Waals surface area contributed by atoms with Gasteiger partial charge in [-0.15, -0.1) is 10.2 Å². The third-order valence-corrected chi connectivity index (χ3v) is 5.96. The van der Waals surface area contributed by atoms with E-state index in [0.717, 1.165) is 16.2 Å². The van der Waals surface area contributed by atoms with Crippen molar-refractivity contribution in [3.8, 4) is 5.88 Å². The molecule has 4 rings (SSSR count). The quantitative estimate of drug-likeness (QED) is 0.410. The van der Waals surface area contributed by atoms with E-state index in [1.807, 2.05) is 6.07 Å². The number of aromatic nitrogens is 1. The van der Waals surface area contributed by atoms with Crippen LogP contribution >= 0.6 is 39.3 Å². The predicted octanol–water partition coefficient (Wildman–Crippen LogP) is 5.40. The van der Waals surface area contributed by atoms with Crippen LogP contribution in [-0.4, -0.2) is 32.3 Å². The first-order chi connectivity index (χ1) is 14.4. The van der Waals surface area contributed by atoms with Crippen molar-refractivity contribution in [2.24, 2.45) is 15.2 Å². The Bertz CT molecular complexity index is 1210. The lowest BCUT2D eigenvalue weighted by Crippen LogP contribution is -2.21. The molecule has 1 atom stereocenters. The zero-order chi connectivity index (χ0) is 21.3. The van der Waals surface area contributed by atoms with Crippen molar-refractivity contribution >= 4 is 78.6 Å². The number of thioether (sulfide) groups is 1. The zero-order valence-corrected chi connectivity index (χ0v) is 18.3. The SMILES string of the molecule is O=C(CC1SC(N=Nc2c(O)[nH]c3ccc(Br)cc23)=NC1=O)Nc1ccc(Cl)cc1. The van der Waals surface area contributed by atoms with Crippen molar-refractivity contribution in [3.05, 3.63) is 52.0 Å². The first kappa shape index (κ1) is 20.6. The molecule has 2 heterocycles. The van der Waals surface area contributed by atoms with E-state index in [2.05, 4.69) is 41.5 Å². The molecule has 1 aliphatic rings. The summed E-state index contributed by atoms with van der Waals surface area (Å²) in [7, 11) is 0. The van der Waals surface area contributed by atoms with Gasteiger partial charge in [-0.2, -0.15) is 4.99 Å². The van der Waals surface area contributed by atoms with E-state index < -0.39 is 11.2 Å². The van der Waals surface area contributed by atoms with Gasteiger partial charge in [-0.1, -0.05) is 39.3 Å². The first-order valence-electron chi connectivity index (χ1n) is 8.65. The summed E-state index contributed by atoms with van der Waals surface area (Å²) in [5.41, 5.74) is 1.52. The van der Waals surface area contributed by atoms with Crippen molar-refractivity contribution in [1.29, 1.82) is 0 Å². The molecule has 1 aromatic heterocycles. The monoisotopic (exact) mass is 505 g/mol. The maximum Gasteiger partial charge on any atom is 0.262 e. The Labute approximate surface area is 188 Å². The number of amidine groups is 1. The molecule has 0 fully saturated rings. The minimum absolute atomic E-state index is 0.0556. The van der Waals surface area contributed by atoms with Crippen molar-refractivity contribution in [1.82, 2.24) is 4.98 Å². The molecule has 1 unspecified atom stereocenters. The van der Waals surface area contributed by atoms with E-state index in [1.54, 1.807) is 36.4 Å². The molecule has 11 heteroatoms. The van der Waals surface area contributed by atoms with Crippen LogP contribution in [0.2, 0.25) is 5.02 Å². The van der Waals surface area contributed by atoms with Crippen molar-refractivity contribution in [2.75, 3.05) is 5.32 Å². The number of aromatic amines is 1. The van der Waals surface area contributed by atoms with Gasteiger partial charge in [-0.25, -0.2) is 0 Å². The van der Waals surface area contributed by atoms with Crippen LogP contribution < -0.4 is 5.32 Å². The number of aromatic hydroxyl groups is 1. The van der Waals surface area contributed by atoms with E-state index in [4.69, 9.17) is 11.6 Å². The van der Waals surface area contributed by atoms with Gasteiger partial charge in [-0.05, 0) is 42.5 Å². The number of H-pyrrole nitrogens is 1. The lowest BCUT2D eigenvalue weighted by atomic mass is 10.2. The molecular formula is C19H13BrClN5O3S. The highest BCUT2D eigenvalue weighted by atomic mass is 79.9. The fourth-order valence-electron chi connectivity index (χ4n) is 2.79. The second kappa shape index (κ2) is 8.58. The molecule has 3 N–H and O–H groups in total. The minimum Gasteiger partial charge on any atom is -0.493 e. The highest BCUT2D eigenvalue weighted by Crippen LogP contribution is 2.37. The number of carbonyl (C=O) groups is 2. The Morgan fingerprint density at radius 2 is 2.03 bits per heavy atom. The molecule has 0 spiro atoms. The van der Waals surface area contributed by atoms with Gasteiger partial charge in [0.15, 0.2) is 5.69 Å². The maximum atomic E-state index is 12.2. The van der Waals surface area contributed by atoms with Crippen molar-refractivity contribution in [2.45, 2.75) is 11.7 Å². The number of anilines is 1. The van der Waals surface area contributed by atoms with Crippen LogP contribution in [0.15, 0.2) is 62.2 Å². The number of nitrogens with zero attached hydrogens (tertiary/aromatic N) is 3. The molecule has 2 aromatic carbocycles. The summed E-state index contributed by atoms with van der Waals surface area (Å²) in [6, 6.07) is 12.1. The van der Waals surface area contributed by atoms with E-state index in [1.165, 1.54) is 0 Å². The second-order valence-corrected chi connectivity index (χ2v) is 8.83. The van der Waals surface area contributed by atoms with Crippen LogP contribution in [0, 0.1) is 0 Å². The topological polar surface area (TPSA) is 119 Å².